The minimum Gasteiger partial charge on any atom is -0.377 e. The number of nitrogens with one attached hydrogen (secondary N) is 1. The highest BCUT2D eigenvalue weighted by molar-refractivity contribution is 9.10. The fourth-order valence-electron chi connectivity index (χ4n) is 2.81. The SMILES string of the molecule is Cc1cc(C)cc(N(CC(=O)N/N=C\c2ccc(N(C)C)c(Br)c2)S(C)(=O)=O)c1. The Bertz CT molecular complexity index is 1020. The van der Waals surface area contributed by atoms with Gasteiger partial charge in [-0.05, 0) is 70.7 Å². The number of halogens is 1. The molecule has 156 valence electrons. The molecule has 0 spiro atoms. The van der Waals surface area contributed by atoms with Crippen LogP contribution in [0, 0.1) is 13.8 Å². The van der Waals surface area contributed by atoms with E-state index in [9.17, 15) is 13.2 Å². The molecule has 2 aromatic rings. The molecule has 0 saturated heterocycles. The molecule has 0 atom stereocenters. The average Bonchev–Trinajstić information content (AvgIpc) is 2.57. The zero-order valence-corrected chi connectivity index (χ0v) is 19.5. The topological polar surface area (TPSA) is 82.1 Å². The fourth-order valence-corrected chi connectivity index (χ4v) is 4.40. The Hall–Kier alpha value is -2.39. The number of nitrogens with zero attached hydrogens (tertiary/aromatic N) is 3. The Morgan fingerprint density at radius 1 is 1.14 bits per heavy atom. The molecule has 0 unspecified atom stereocenters. The van der Waals surface area contributed by atoms with Crippen LogP contribution in [0.2, 0.25) is 0 Å². The number of carbonyl (C=O) groups is 1. The first-order chi connectivity index (χ1) is 13.5. The van der Waals surface area contributed by atoms with Gasteiger partial charge in [-0.3, -0.25) is 9.10 Å². The van der Waals surface area contributed by atoms with Gasteiger partial charge in [0.2, 0.25) is 10.0 Å². The molecule has 1 N–H and O–H groups in total. The van der Waals surface area contributed by atoms with E-state index in [1.807, 2.05) is 57.1 Å². The molecule has 29 heavy (non-hydrogen) atoms. The van der Waals surface area contributed by atoms with E-state index in [-0.39, 0.29) is 6.54 Å². The van der Waals surface area contributed by atoms with Crippen LogP contribution in [0.1, 0.15) is 16.7 Å². The zero-order valence-electron chi connectivity index (χ0n) is 17.1. The Balaban J connectivity index is 2.11. The molecule has 1 amide bonds. The standard InChI is InChI=1S/C20H25BrN4O3S/c1-14-8-15(2)10-17(9-14)25(29(5,27)28)13-20(26)23-22-12-16-6-7-19(24(3)4)18(21)11-16/h6-12H,13H2,1-5H3,(H,23,26)/b22-12-. The third kappa shape index (κ3) is 6.57. The van der Waals surface area contributed by atoms with Crippen LogP contribution in [0.5, 0.6) is 0 Å². The fraction of sp³-hybridized carbons (Fsp3) is 0.300. The first-order valence-electron chi connectivity index (χ1n) is 8.82. The van der Waals surface area contributed by atoms with Gasteiger partial charge in [-0.2, -0.15) is 5.10 Å². The largest absolute Gasteiger partial charge is 0.377 e. The predicted molar refractivity (Wildman–Crippen MR) is 122 cm³/mol. The van der Waals surface area contributed by atoms with Crippen molar-refractivity contribution in [3.63, 3.8) is 0 Å². The molecular formula is C20H25BrN4O3S. The average molecular weight is 481 g/mol. The van der Waals surface area contributed by atoms with E-state index >= 15 is 0 Å². The lowest BCUT2D eigenvalue weighted by Crippen LogP contribution is -2.39. The molecule has 0 radical (unpaired) electrons. The highest BCUT2D eigenvalue weighted by atomic mass is 79.9. The van der Waals surface area contributed by atoms with Crippen molar-refractivity contribution >= 4 is 49.4 Å². The van der Waals surface area contributed by atoms with Crippen LogP contribution in [-0.2, 0) is 14.8 Å². The van der Waals surface area contributed by atoms with E-state index < -0.39 is 15.9 Å². The maximum atomic E-state index is 12.3. The van der Waals surface area contributed by atoms with Crippen molar-refractivity contribution in [2.75, 3.05) is 36.1 Å². The molecule has 0 aromatic heterocycles. The minimum absolute atomic E-state index is 0.359. The van der Waals surface area contributed by atoms with Gasteiger partial charge in [0.1, 0.15) is 6.54 Å². The lowest BCUT2D eigenvalue weighted by atomic mass is 10.1. The zero-order chi connectivity index (χ0) is 21.8. The number of hydrogen-bond donors (Lipinski definition) is 1. The Morgan fingerprint density at radius 3 is 2.28 bits per heavy atom. The lowest BCUT2D eigenvalue weighted by Gasteiger charge is -2.22. The van der Waals surface area contributed by atoms with Crippen LogP contribution in [0.4, 0.5) is 11.4 Å². The van der Waals surface area contributed by atoms with Crippen LogP contribution in [0.25, 0.3) is 0 Å². The molecule has 0 saturated carbocycles. The van der Waals surface area contributed by atoms with Gasteiger partial charge >= 0.3 is 0 Å². The van der Waals surface area contributed by atoms with Crippen molar-refractivity contribution in [1.82, 2.24) is 5.43 Å². The van der Waals surface area contributed by atoms with E-state index in [0.29, 0.717) is 5.69 Å². The second kappa shape index (κ2) is 9.41. The summed E-state index contributed by atoms with van der Waals surface area (Å²) in [5, 5.41) is 3.94. The van der Waals surface area contributed by atoms with E-state index in [1.165, 1.54) is 6.21 Å². The van der Waals surface area contributed by atoms with Crippen LogP contribution >= 0.6 is 15.9 Å². The summed E-state index contributed by atoms with van der Waals surface area (Å²) in [4.78, 5) is 14.3. The van der Waals surface area contributed by atoms with Gasteiger partial charge < -0.3 is 4.90 Å². The number of carbonyl (C=O) groups excluding carboxylic acids is 1. The molecule has 0 heterocycles. The van der Waals surface area contributed by atoms with E-state index in [0.717, 1.165) is 37.4 Å². The Kier molecular flexibility index (Phi) is 7.43. The molecule has 0 aliphatic carbocycles. The van der Waals surface area contributed by atoms with Gasteiger partial charge in [-0.25, -0.2) is 13.8 Å². The monoisotopic (exact) mass is 480 g/mol. The van der Waals surface area contributed by atoms with Gasteiger partial charge in [0.25, 0.3) is 5.91 Å². The van der Waals surface area contributed by atoms with Gasteiger partial charge in [0.05, 0.1) is 23.8 Å². The Morgan fingerprint density at radius 2 is 1.76 bits per heavy atom. The van der Waals surface area contributed by atoms with Gasteiger partial charge in [-0.15, -0.1) is 0 Å². The minimum atomic E-state index is -3.63. The number of hydrazone groups is 1. The maximum Gasteiger partial charge on any atom is 0.260 e. The first-order valence-corrected chi connectivity index (χ1v) is 11.5. The molecular weight excluding hydrogens is 456 g/mol. The molecule has 0 aliphatic rings. The summed E-state index contributed by atoms with van der Waals surface area (Å²) in [5.74, 6) is -0.533. The Labute approximate surface area is 180 Å². The van der Waals surface area contributed by atoms with Crippen molar-refractivity contribution < 1.29 is 13.2 Å². The summed E-state index contributed by atoms with van der Waals surface area (Å²) in [6, 6.07) is 11.1. The van der Waals surface area contributed by atoms with Crippen molar-refractivity contribution in [3.05, 3.63) is 57.6 Å². The molecule has 0 bridgehead atoms. The number of rotatable bonds is 7. The second-order valence-corrected chi connectivity index (χ2v) is 9.78. The molecule has 0 fully saturated rings. The van der Waals surface area contributed by atoms with Crippen LogP contribution < -0.4 is 14.6 Å². The number of amides is 1. The molecule has 7 nitrogen and oxygen atoms in total. The molecule has 2 rings (SSSR count). The summed E-state index contributed by atoms with van der Waals surface area (Å²) in [7, 11) is 0.251. The number of hydrogen-bond acceptors (Lipinski definition) is 5. The van der Waals surface area contributed by atoms with Gasteiger partial charge in [-0.1, -0.05) is 12.1 Å². The molecule has 0 aliphatic heterocycles. The number of aryl methyl sites for hydroxylation is 2. The molecule has 2 aromatic carbocycles. The van der Waals surface area contributed by atoms with Crippen molar-refractivity contribution in [2.24, 2.45) is 5.10 Å². The predicted octanol–water partition coefficient (Wildman–Crippen LogP) is 3.05. The summed E-state index contributed by atoms with van der Waals surface area (Å²) < 4.78 is 26.4. The van der Waals surface area contributed by atoms with Crippen LogP contribution in [-0.4, -0.2) is 47.4 Å². The highest BCUT2D eigenvalue weighted by Crippen LogP contribution is 2.25. The van der Waals surface area contributed by atoms with Crippen molar-refractivity contribution in [2.45, 2.75) is 13.8 Å². The quantitative estimate of drug-likeness (QED) is 0.487. The summed E-state index contributed by atoms with van der Waals surface area (Å²) in [6.07, 6.45) is 2.58. The maximum absolute atomic E-state index is 12.3. The lowest BCUT2D eigenvalue weighted by molar-refractivity contribution is -0.119. The molecule has 9 heteroatoms. The van der Waals surface area contributed by atoms with E-state index in [4.69, 9.17) is 0 Å². The van der Waals surface area contributed by atoms with Gasteiger partial charge in [0.15, 0.2) is 0 Å². The third-order valence-electron chi connectivity index (χ3n) is 4.04. The summed E-state index contributed by atoms with van der Waals surface area (Å²) in [6.45, 7) is 3.39. The smallest absolute Gasteiger partial charge is 0.260 e. The van der Waals surface area contributed by atoms with E-state index in [1.54, 1.807) is 12.1 Å². The summed E-state index contributed by atoms with van der Waals surface area (Å²) in [5.41, 5.74) is 6.48. The summed E-state index contributed by atoms with van der Waals surface area (Å²) >= 11 is 3.50. The first kappa shape index (κ1) is 22.9. The number of sulfonamides is 1. The van der Waals surface area contributed by atoms with Crippen LogP contribution in [0.3, 0.4) is 0 Å². The van der Waals surface area contributed by atoms with Crippen LogP contribution in [0.15, 0.2) is 46.0 Å². The van der Waals surface area contributed by atoms with Crippen molar-refractivity contribution in [1.29, 1.82) is 0 Å². The third-order valence-corrected chi connectivity index (χ3v) is 5.81. The normalized spacial score (nSPS) is 11.5. The second-order valence-electron chi connectivity index (χ2n) is 7.01. The highest BCUT2D eigenvalue weighted by Gasteiger charge is 2.21. The van der Waals surface area contributed by atoms with E-state index in [2.05, 4.69) is 26.5 Å². The van der Waals surface area contributed by atoms with Crippen molar-refractivity contribution in [3.8, 4) is 0 Å². The number of anilines is 2. The van der Waals surface area contributed by atoms with Gasteiger partial charge in [0, 0.05) is 18.6 Å². The number of benzene rings is 2.